The van der Waals surface area contributed by atoms with E-state index in [0.717, 1.165) is 13.1 Å². The molecule has 2 rings (SSSR count). The first-order valence-electron chi connectivity index (χ1n) is 5.32. The Morgan fingerprint density at radius 2 is 2.07 bits per heavy atom. The van der Waals surface area contributed by atoms with Gasteiger partial charge in [-0.15, -0.1) is 12.1 Å². The fourth-order valence-electron chi connectivity index (χ4n) is 1.90. The molecule has 0 bridgehead atoms. The van der Waals surface area contributed by atoms with Crippen molar-refractivity contribution in [2.75, 3.05) is 13.1 Å². The fraction of sp³-hybridized carbons (Fsp3) is 0.500. The summed E-state index contributed by atoms with van der Waals surface area (Å²) < 4.78 is 0. The van der Waals surface area contributed by atoms with Gasteiger partial charge in [0.1, 0.15) is 0 Å². The van der Waals surface area contributed by atoms with E-state index in [4.69, 9.17) is 5.32 Å². The van der Waals surface area contributed by atoms with Gasteiger partial charge in [-0.05, 0) is 13.1 Å². The molecule has 0 aromatic heterocycles. The maximum absolute atomic E-state index is 4.78. The maximum Gasteiger partial charge on any atom is 1.00 e. The summed E-state index contributed by atoms with van der Waals surface area (Å²) in [6.07, 6.45) is 1.19. The van der Waals surface area contributed by atoms with E-state index in [1.807, 2.05) is 6.07 Å². The van der Waals surface area contributed by atoms with Crippen molar-refractivity contribution in [3.8, 4) is 0 Å². The second kappa shape index (κ2) is 6.35. The molecular weight excluding hydrogens is 179 g/mol. The predicted octanol–water partition coefficient (Wildman–Crippen LogP) is -0.513. The topological polar surface area (TPSA) is 26.1 Å². The van der Waals surface area contributed by atoms with Gasteiger partial charge in [0.2, 0.25) is 0 Å². The van der Waals surface area contributed by atoms with E-state index in [9.17, 15) is 0 Å². The predicted molar refractivity (Wildman–Crippen MR) is 59.5 cm³/mol. The molecule has 0 aliphatic carbocycles. The van der Waals surface area contributed by atoms with Crippen LogP contribution in [0.15, 0.2) is 30.3 Å². The molecule has 3 heteroatoms. The van der Waals surface area contributed by atoms with Crippen molar-refractivity contribution in [3.05, 3.63) is 41.2 Å². The van der Waals surface area contributed by atoms with Gasteiger partial charge in [0.25, 0.3) is 0 Å². The van der Waals surface area contributed by atoms with Crippen molar-refractivity contribution in [1.29, 1.82) is 0 Å². The van der Waals surface area contributed by atoms with E-state index in [1.54, 1.807) is 0 Å². The van der Waals surface area contributed by atoms with Crippen LogP contribution in [0.3, 0.4) is 0 Å². The molecule has 76 valence electrons. The summed E-state index contributed by atoms with van der Waals surface area (Å²) in [6.45, 7) is 4.35. The van der Waals surface area contributed by atoms with E-state index in [1.165, 1.54) is 12.0 Å². The number of hydrogen-bond acceptors (Lipinski definition) is 1. The molecule has 0 saturated carbocycles. The molecule has 2 atom stereocenters. The smallest absolute Gasteiger partial charge is 0.652 e. The quantitative estimate of drug-likeness (QED) is 0.647. The molecule has 1 aliphatic rings. The molecule has 0 spiro atoms. The molecule has 1 heterocycles. The van der Waals surface area contributed by atoms with Crippen molar-refractivity contribution in [1.82, 2.24) is 5.32 Å². The van der Waals surface area contributed by atoms with Gasteiger partial charge in [-0.1, -0.05) is 49.2 Å². The Labute approximate surface area is 104 Å². The number of nitrogens with one attached hydrogen (secondary N) is 1. The van der Waals surface area contributed by atoms with Crippen LogP contribution in [0.25, 0.3) is 5.32 Å². The monoisotopic (exact) mass is 196 g/mol. The van der Waals surface area contributed by atoms with Gasteiger partial charge in [-0.3, -0.25) is 0 Å². The number of nitrogens with zero attached hydrogens (tertiary/aromatic N) is 1. The van der Waals surface area contributed by atoms with E-state index in [2.05, 4.69) is 36.5 Å². The third kappa shape index (κ3) is 3.66. The molecule has 2 nitrogen and oxygen atoms in total. The maximum atomic E-state index is 4.78. The Morgan fingerprint density at radius 3 is 2.67 bits per heavy atom. The molecule has 1 aliphatic heterocycles. The second-order valence-electron chi connectivity index (χ2n) is 3.88. The Balaban J connectivity index is 0.00000112. The summed E-state index contributed by atoms with van der Waals surface area (Å²) >= 11 is 0. The summed E-state index contributed by atoms with van der Waals surface area (Å²) in [5.74, 6) is 0. The Morgan fingerprint density at radius 1 is 1.33 bits per heavy atom. The summed E-state index contributed by atoms with van der Waals surface area (Å²) in [4.78, 5) is 0. The SMILES string of the molecule is C[C@@H]([N-][C@H]1CCNC1)c1ccccc1.[Li+]. The van der Waals surface area contributed by atoms with Gasteiger partial charge < -0.3 is 10.6 Å². The Hall–Kier alpha value is -0.263. The van der Waals surface area contributed by atoms with Gasteiger partial charge in [-0.2, -0.15) is 0 Å². The van der Waals surface area contributed by atoms with Crippen molar-refractivity contribution in [3.63, 3.8) is 0 Å². The van der Waals surface area contributed by atoms with E-state index in [0.29, 0.717) is 12.1 Å². The normalized spacial score (nSPS) is 22.1. The van der Waals surface area contributed by atoms with Crippen LogP contribution in [-0.4, -0.2) is 19.1 Å². The van der Waals surface area contributed by atoms with E-state index >= 15 is 0 Å². The number of rotatable bonds is 3. The summed E-state index contributed by atoms with van der Waals surface area (Å²) in [5, 5.41) is 8.12. The van der Waals surface area contributed by atoms with Crippen LogP contribution in [-0.2, 0) is 0 Å². The largest absolute Gasteiger partial charge is 1.00 e. The van der Waals surface area contributed by atoms with Gasteiger partial charge in [-0.25, -0.2) is 0 Å². The van der Waals surface area contributed by atoms with Gasteiger partial charge in [0.05, 0.1) is 0 Å². The zero-order chi connectivity index (χ0) is 9.80. The third-order valence-corrected chi connectivity index (χ3v) is 2.75. The van der Waals surface area contributed by atoms with Crippen LogP contribution < -0.4 is 24.2 Å². The minimum Gasteiger partial charge on any atom is -0.652 e. The van der Waals surface area contributed by atoms with Crippen molar-refractivity contribution < 1.29 is 18.9 Å². The minimum atomic E-state index is 0. The average Bonchev–Trinajstić information content (AvgIpc) is 2.72. The van der Waals surface area contributed by atoms with Crippen LogP contribution in [0.2, 0.25) is 0 Å². The first-order valence-corrected chi connectivity index (χ1v) is 5.32. The third-order valence-electron chi connectivity index (χ3n) is 2.75. The average molecular weight is 196 g/mol. The zero-order valence-corrected chi connectivity index (χ0v) is 9.61. The van der Waals surface area contributed by atoms with Crippen molar-refractivity contribution in [2.45, 2.75) is 25.4 Å². The van der Waals surface area contributed by atoms with Crippen LogP contribution >= 0.6 is 0 Å². The zero-order valence-electron chi connectivity index (χ0n) is 9.61. The minimum absolute atomic E-state index is 0. The molecule has 0 unspecified atom stereocenters. The van der Waals surface area contributed by atoms with Gasteiger partial charge in [0.15, 0.2) is 0 Å². The van der Waals surface area contributed by atoms with Crippen LogP contribution in [0, 0.1) is 0 Å². The molecular formula is C12H17LiN2. The first kappa shape index (κ1) is 12.8. The summed E-state index contributed by atoms with van der Waals surface area (Å²) in [5.41, 5.74) is 1.32. The first-order chi connectivity index (χ1) is 6.86. The molecule has 1 fully saturated rings. The number of benzene rings is 1. The van der Waals surface area contributed by atoms with Crippen LogP contribution in [0.5, 0.6) is 0 Å². The van der Waals surface area contributed by atoms with Crippen LogP contribution in [0.1, 0.15) is 24.9 Å². The summed E-state index contributed by atoms with van der Waals surface area (Å²) in [7, 11) is 0. The Bertz CT molecular complexity index is 270. The van der Waals surface area contributed by atoms with E-state index in [-0.39, 0.29) is 18.9 Å². The molecule has 15 heavy (non-hydrogen) atoms. The molecule has 0 radical (unpaired) electrons. The van der Waals surface area contributed by atoms with Crippen LogP contribution in [0.4, 0.5) is 0 Å². The standard InChI is InChI=1S/C12H17N2.Li/c1-10(11-5-3-2-4-6-11)14-12-7-8-13-9-12;/h2-6,10,12-13H,7-9H2,1H3;/q-1;+1/t10-,12+;/m1./s1. The number of hydrogen-bond donors (Lipinski definition) is 1. The van der Waals surface area contributed by atoms with Gasteiger partial charge >= 0.3 is 18.9 Å². The van der Waals surface area contributed by atoms with Gasteiger partial charge in [0, 0.05) is 0 Å². The molecule has 1 aromatic carbocycles. The van der Waals surface area contributed by atoms with Crippen molar-refractivity contribution >= 4 is 0 Å². The molecule has 0 amide bonds. The molecule has 1 saturated heterocycles. The fourth-order valence-corrected chi connectivity index (χ4v) is 1.90. The molecule has 1 aromatic rings. The summed E-state index contributed by atoms with van der Waals surface area (Å²) in [6, 6.07) is 11.4. The van der Waals surface area contributed by atoms with Crippen molar-refractivity contribution in [2.24, 2.45) is 0 Å². The molecule has 1 N–H and O–H groups in total. The second-order valence-corrected chi connectivity index (χ2v) is 3.88. The van der Waals surface area contributed by atoms with E-state index < -0.39 is 0 Å². The Kier molecular flexibility index (Phi) is 5.42.